The van der Waals surface area contributed by atoms with Gasteiger partial charge in [0.2, 0.25) is 0 Å². The SMILES string of the molecule is CCOc1ccc(CN(C)Cc2cc(=O)n3ccsc3n2)cc1. The first-order chi connectivity index (χ1) is 11.2. The molecule has 2 heterocycles. The highest BCUT2D eigenvalue weighted by atomic mass is 32.1. The van der Waals surface area contributed by atoms with Gasteiger partial charge in [-0.05, 0) is 31.7 Å². The van der Waals surface area contributed by atoms with Gasteiger partial charge >= 0.3 is 0 Å². The Morgan fingerprint density at radius 3 is 2.78 bits per heavy atom. The van der Waals surface area contributed by atoms with E-state index in [2.05, 4.69) is 22.0 Å². The predicted molar refractivity (Wildman–Crippen MR) is 92.1 cm³/mol. The quantitative estimate of drug-likeness (QED) is 0.698. The Kier molecular flexibility index (Phi) is 4.73. The molecular formula is C17H19N3O2S. The molecule has 0 aliphatic rings. The van der Waals surface area contributed by atoms with Crippen LogP contribution in [0.3, 0.4) is 0 Å². The summed E-state index contributed by atoms with van der Waals surface area (Å²) in [5, 5.41) is 1.87. The standard InChI is InChI=1S/C17H19N3O2S/c1-3-22-15-6-4-13(5-7-15)11-19(2)12-14-10-16(21)20-8-9-23-17(20)18-14/h4-10H,3,11-12H2,1-2H3. The maximum Gasteiger partial charge on any atom is 0.258 e. The Hall–Kier alpha value is -2.18. The number of aromatic nitrogens is 2. The lowest BCUT2D eigenvalue weighted by Crippen LogP contribution is -2.21. The van der Waals surface area contributed by atoms with Crippen LogP contribution >= 0.6 is 11.3 Å². The average Bonchev–Trinajstić information content (AvgIpc) is 2.98. The van der Waals surface area contributed by atoms with Crippen LogP contribution < -0.4 is 10.3 Å². The van der Waals surface area contributed by atoms with Gasteiger partial charge in [-0.1, -0.05) is 12.1 Å². The molecule has 3 rings (SSSR count). The molecule has 0 N–H and O–H groups in total. The minimum atomic E-state index is -0.0271. The highest BCUT2D eigenvalue weighted by Crippen LogP contribution is 2.14. The largest absolute Gasteiger partial charge is 0.494 e. The van der Waals surface area contributed by atoms with E-state index in [9.17, 15) is 4.79 Å². The first-order valence-electron chi connectivity index (χ1n) is 7.52. The van der Waals surface area contributed by atoms with Crippen molar-refractivity contribution >= 4 is 16.3 Å². The number of fused-ring (bicyclic) bond motifs is 1. The normalized spacial score (nSPS) is 11.3. The lowest BCUT2D eigenvalue weighted by Gasteiger charge is -2.16. The van der Waals surface area contributed by atoms with Crippen LogP contribution in [0.15, 0.2) is 46.7 Å². The molecule has 2 aromatic heterocycles. The van der Waals surface area contributed by atoms with Gasteiger partial charge in [-0.15, -0.1) is 11.3 Å². The van der Waals surface area contributed by atoms with E-state index in [1.165, 1.54) is 16.9 Å². The Morgan fingerprint density at radius 2 is 2.04 bits per heavy atom. The highest BCUT2D eigenvalue weighted by Gasteiger charge is 2.07. The number of benzene rings is 1. The summed E-state index contributed by atoms with van der Waals surface area (Å²) in [5.41, 5.74) is 1.97. The summed E-state index contributed by atoms with van der Waals surface area (Å²) in [6, 6.07) is 9.69. The minimum absolute atomic E-state index is 0.0271. The van der Waals surface area contributed by atoms with Crippen molar-refractivity contribution < 1.29 is 4.74 Å². The van der Waals surface area contributed by atoms with Crippen LogP contribution in [0.1, 0.15) is 18.2 Å². The molecule has 0 aliphatic carbocycles. The van der Waals surface area contributed by atoms with Crippen LogP contribution in [0.25, 0.3) is 4.96 Å². The molecule has 5 nitrogen and oxygen atoms in total. The summed E-state index contributed by atoms with van der Waals surface area (Å²) < 4.78 is 7.02. The highest BCUT2D eigenvalue weighted by molar-refractivity contribution is 7.15. The third-order valence-electron chi connectivity index (χ3n) is 3.47. The van der Waals surface area contributed by atoms with Crippen molar-refractivity contribution in [3.63, 3.8) is 0 Å². The number of hydrogen-bond donors (Lipinski definition) is 0. The molecule has 3 aromatic rings. The van der Waals surface area contributed by atoms with Crippen LogP contribution in [0, 0.1) is 0 Å². The van der Waals surface area contributed by atoms with Gasteiger partial charge in [-0.25, -0.2) is 4.98 Å². The Morgan fingerprint density at radius 1 is 1.26 bits per heavy atom. The molecule has 0 bridgehead atoms. The van der Waals surface area contributed by atoms with E-state index in [-0.39, 0.29) is 5.56 Å². The summed E-state index contributed by atoms with van der Waals surface area (Å²) >= 11 is 1.47. The smallest absolute Gasteiger partial charge is 0.258 e. The maximum absolute atomic E-state index is 12.0. The van der Waals surface area contributed by atoms with E-state index in [0.717, 1.165) is 22.9 Å². The molecule has 0 saturated heterocycles. The molecule has 0 saturated carbocycles. The second kappa shape index (κ2) is 6.93. The van der Waals surface area contributed by atoms with Gasteiger partial charge in [-0.2, -0.15) is 0 Å². The topological polar surface area (TPSA) is 46.8 Å². The van der Waals surface area contributed by atoms with E-state index in [0.29, 0.717) is 13.2 Å². The first kappa shape index (κ1) is 15.7. The van der Waals surface area contributed by atoms with Crippen molar-refractivity contribution in [1.29, 1.82) is 0 Å². The average molecular weight is 329 g/mol. The van der Waals surface area contributed by atoms with Crippen molar-refractivity contribution in [3.8, 4) is 5.75 Å². The zero-order valence-corrected chi connectivity index (χ0v) is 14.0. The van der Waals surface area contributed by atoms with Gasteiger partial charge in [0.05, 0.1) is 12.3 Å². The van der Waals surface area contributed by atoms with Crippen molar-refractivity contribution in [2.24, 2.45) is 0 Å². The monoisotopic (exact) mass is 329 g/mol. The molecule has 0 fully saturated rings. The first-order valence-corrected chi connectivity index (χ1v) is 8.39. The van der Waals surface area contributed by atoms with E-state index in [1.807, 2.05) is 31.5 Å². The number of thiazole rings is 1. The van der Waals surface area contributed by atoms with Crippen LogP contribution in [-0.4, -0.2) is 27.9 Å². The molecule has 0 atom stereocenters. The summed E-state index contributed by atoms with van der Waals surface area (Å²) in [6.07, 6.45) is 1.75. The number of hydrogen-bond acceptors (Lipinski definition) is 5. The molecule has 23 heavy (non-hydrogen) atoms. The molecular weight excluding hydrogens is 310 g/mol. The minimum Gasteiger partial charge on any atom is -0.494 e. The van der Waals surface area contributed by atoms with Gasteiger partial charge in [0.25, 0.3) is 5.56 Å². The molecule has 0 amide bonds. The van der Waals surface area contributed by atoms with Gasteiger partial charge in [0.15, 0.2) is 4.96 Å². The van der Waals surface area contributed by atoms with Gasteiger partial charge in [-0.3, -0.25) is 14.1 Å². The molecule has 0 radical (unpaired) electrons. The Labute approximate surface area is 138 Å². The van der Waals surface area contributed by atoms with Gasteiger partial charge in [0, 0.05) is 30.7 Å². The fourth-order valence-corrected chi connectivity index (χ4v) is 3.21. The Balaban J connectivity index is 1.68. The lowest BCUT2D eigenvalue weighted by molar-refractivity contribution is 0.314. The maximum atomic E-state index is 12.0. The van der Waals surface area contributed by atoms with E-state index in [1.54, 1.807) is 16.7 Å². The lowest BCUT2D eigenvalue weighted by atomic mass is 10.2. The summed E-state index contributed by atoms with van der Waals surface area (Å²) in [6.45, 7) is 4.07. The second-order valence-electron chi connectivity index (χ2n) is 5.39. The van der Waals surface area contributed by atoms with Gasteiger partial charge in [0.1, 0.15) is 5.75 Å². The van der Waals surface area contributed by atoms with E-state index < -0.39 is 0 Å². The molecule has 0 aliphatic heterocycles. The van der Waals surface area contributed by atoms with E-state index in [4.69, 9.17) is 4.74 Å². The van der Waals surface area contributed by atoms with Crippen LogP contribution in [0.2, 0.25) is 0 Å². The fourth-order valence-electron chi connectivity index (χ4n) is 2.47. The third kappa shape index (κ3) is 3.78. The predicted octanol–water partition coefficient (Wildman–Crippen LogP) is 2.79. The summed E-state index contributed by atoms with van der Waals surface area (Å²) in [5.74, 6) is 0.886. The molecule has 120 valence electrons. The van der Waals surface area contributed by atoms with Crippen molar-refractivity contribution in [2.45, 2.75) is 20.0 Å². The Bertz CT molecular complexity index is 839. The number of nitrogens with zero attached hydrogens (tertiary/aromatic N) is 3. The van der Waals surface area contributed by atoms with Crippen molar-refractivity contribution in [3.05, 3.63) is 63.5 Å². The van der Waals surface area contributed by atoms with E-state index >= 15 is 0 Å². The van der Waals surface area contributed by atoms with Crippen LogP contribution in [0.5, 0.6) is 5.75 Å². The van der Waals surface area contributed by atoms with Gasteiger partial charge < -0.3 is 4.74 Å². The number of ether oxygens (including phenoxy) is 1. The zero-order valence-electron chi connectivity index (χ0n) is 13.2. The zero-order chi connectivity index (χ0) is 16.2. The molecule has 1 aromatic carbocycles. The summed E-state index contributed by atoms with van der Waals surface area (Å²) in [4.78, 5) is 19.4. The van der Waals surface area contributed by atoms with Crippen molar-refractivity contribution in [1.82, 2.24) is 14.3 Å². The van der Waals surface area contributed by atoms with Crippen molar-refractivity contribution in [2.75, 3.05) is 13.7 Å². The summed E-state index contributed by atoms with van der Waals surface area (Å²) in [7, 11) is 2.02. The second-order valence-corrected chi connectivity index (χ2v) is 6.26. The third-order valence-corrected chi connectivity index (χ3v) is 4.23. The van der Waals surface area contributed by atoms with Crippen LogP contribution in [-0.2, 0) is 13.1 Å². The number of rotatable bonds is 6. The van der Waals surface area contributed by atoms with Crippen LogP contribution in [0.4, 0.5) is 0 Å². The molecule has 0 spiro atoms. The molecule has 0 unspecified atom stereocenters. The fraction of sp³-hybridized carbons (Fsp3) is 0.294. The molecule has 6 heteroatoms.